The van der Waals surface area contributed by atoms with Crippen LogP contribution in [0.3, 0.4) is 0 Å². The van der Waals surface area contributed by atoms with Gasteiger partial charge in [-0.1, -0.05) is 37.3 Å². The number of aliphatic hydroxyl groups excluding tert-OH is 1. The first-order valence-corrected chi connectivity index (χ1v) is 14.1. The Bertz CT molecular complexity index is 1110. The van der Waals surface area contributed by atoms with Gasteiger partial charge in [0.2, 0.25) is 5.91 Å². The van der Waals surface area contributed by atoms with E-state index in [-0.39, 0.29) is 31.6 Å². The number of carbonyl (C=O) groups is 3. The van der Waals surface area contributed by atoms with Gasteiger partial charge in [-0.3, -0.25) is 14.4 Å². The Hall–Kier alpha value is -2.97. The summed E-state index contributed by atoms with van der Waals surface area (Å²) in [6.07, 6.45) is 6.55. The lowest BCUT2D eigenvalue weighted by Crippen LogP contribution is -2.56. The van der Waals surface area contributed by atoms with Crippen LogP contribution in [0, 0.1) is 25.7 Å². The molecule has 2 unspecified atom stereocenters. The van der Waals surface area contributed by atoms with E-state index in [0.717, 1.165) is 16.8 Å². The molecule has 1 N–H and O–H groups in total. The summed E-state index contributed by atoms with van der Waals surface area (Å²) in [5.74, 6) is -2.50. The van der Waals surface area contributed by atoms with Crippen molar-refractivity contribution in [2.45, 2.75) is 76.5 Å². The number of aliphatic hydroxyl groups is 1. The molecule has 8 nitrogen and oxygen atoms in total. The number of benzene rings is 1. The third kappa shape index (κ3) is 4.72. The van der Waals surface area contributed by atoms with Crippen molar-refractivity contribution in [3.63, 3.8) is 0 Å². The van der Waals surface area contributed by atoms with Crippen LogP contribution in [0.15, 0.2) is 43.5 Å². The van der Waals surface area contributed by atoms with Gasteiger partial charge < -0.3 is 24.4 Å². The maximum atomic E-state index is 14.7. The molecule has 3 aliphatic rings. The molecule has 0 radical (unpaired) electrons. The number of amides is 2. The molecule has 4 rings (SSSR count). The highest BCUT2D eigenvalue weighted by Crippen LogP contribution is 2.64. The maximum absolute atomic E-state index is 14.7. The van der Waals surface area contributed by atoms with Crippen molar-refractivity contribution < 1.29 is 29.0 Å². The molecule has 1 aromatic carbocycles. The van der Waals surface area contributed by atoms with Crippen molar-refractivity contribution in [3.8, 4) is 0 Å². The van der Waals surface area contributed by atoms with E-state index in [0.29, 0.717) is 45.1 Å². The number of ether oxygens (including phenoxy) is 2. The Balaban J connectivity index is 1.80. The Morgan fingerprint density at radius 3 is 2.54 bits per heavy atom. The van der Waals surface area contributed by atoms with Crippen molar-refractivity contribution in [2.75, 3.05) is 31.2 Å². The molecule has 3 heterocycles. The molecule has 2 bridgehead atoms. The molecular formula is C31H42N2O6. The number of unbranched alkanes of at least 4 members (excludes halogenated alkanes) is 1. The van der Waals surface area contributed by atoms with E-state index in [4.69, 9.17) is 9.47 Å². The summed E-state index contributed by atoms with van der Waals surface area (Å²) in [5, 5.41) is 9.41. The summed E-state index contributed by atoms with van der Waals surface area (Å²) in [7, 11) is 0. The zero-order valence-electron chi connectivity index (χ0n) is 23.5. The minimum absolute atomic E-state index is 0.00604. The summed E-state index contributed by atoms with van der Waals surface area (Å²) in [6, 6.07) is 4.98. The lowest BCUT2D eigenvalue weighted by molar-refractivity contribution is -0.160. The Kier molecular flexibility index (Phi) is 8.66. The zero-order chi connectivity index (χ0) is 28.4. The van der Waals surface area contributed by atoms with Crippen molar-refractivity contribution >= 4 is 23.5 Å². The predicted molar refractivity (Wildman–Crippen MR) is 149 cm³/mol. The highest BCUT2D eigenvalue weighted by Gasteiger charge is 2.79. The largest absolute Gasteiger partial charge is 0.465 e. The molecule has 39 heavy (non-hydrogen) atoms. The van der Waals surface area contributed by atoms with E-state index in [1.165, 1.54) is 0 Å². The molecule has 3 saturated heterocycles. The zero-order valence-corrected chi connectivity index (χ0v) is 23.5. The normalized spacial score (nSPS) is 28.9. The smallest absolute Gasteiger partial charge is 0.312 e. The van der Waals surface area contributed by atoms with Crippen LogP contribution in [0.2, 0.25) is 0 Å². The number of anilines is 1. The number of likely N-dealkylation sites (tertiary alicyclic amines) is 1. The van der Waals surface area contributed by atoms with Crippen molar-refractivity contribution in [1.29, 1.82) is 0 Å². The van der Waals surface area contributed by atoms with E-state index in [1.54, 1.807) is 22.0 Å². The molecule has 1 spiro atoms. The van der Waals surface area contributed by atoms with Gasteiger partial charge in [-0.05, 0) is 63.5 Å². The summed E-state index contributed by atoms with van der Waals surface area (Å²) in [5.41, 5.74) is 0.717. The highest BCUT2D eigenvalue weighted by molar-refractivity contribution is 6.05. The second-order valence-corrected chi connectivity index (χ2v) is 11.0. The van der Waals surface area contributed by atoms with Gasteiger partial charge in [0.05, 0.1) is 18.1 Å². The van der Waals surface area contributed by atoms with Crippen LogP contribution in [-0.4, -0.2) is 71.3 Å². The van der Waals surface area contributed by atoms with E-state index in [9.17, 15) is 19.5 Å². The second-order valence-electron chi connectivity index (χ2n) is 11.0. The minimum atomic E-state index is -1.12. The van der Waals surface area contributed by atoms with Crippen LogP contribution in [0.4, 0.5) is 5.69 Å². The summed E-state index contributed by atoms with van der Waals surface area (Å²) >= 11 is 0. The molecule has 5 atom stereocenters. The van der Waals surface area contributed by atoms with Gasteiger partial charge >= 0.3 is 5.97 Å². The quantitative estimate of drug-likeness (QED) is 0.233. The van der Waals surface area contributed by atoms with E-state index < -0.39 is 35.0 Å². The average Bonchev–Trinajstić information content (AvgIpc) is 3.51. The van der Waals surface area contributed by atoms with Gasteiger partial charge in [-0.2, -0.15) is 0 Å². The number of carbonyl (C=O) groups excluding carboxylic acids is 3. The average molecular weight is 539 g/mol. The molecule has 0 saturated carbocycles. The molecule has 2 amide bonds. The number of hydrogen-bond donors (Lipinski definition) is 1. The van der Waals surface area contributed by atoms with Crippen LogP contribution < -0.4 is 4.90 Å². The van der Waals surface area contributed by atoms with Crippen molar-refractivity contribution in [3.05, 3.63) is 54.6 Å². The molecule has 1 aromatic rings. The molecule has 0 aromatic heterocycles. The lowest BCUT2D eigenvalue weighted by atomic mass is 9.65. The van der Waals surface area contributed by atoms with Gasteiger partial charge in [0, 0.05) is 25.4 Å². The first-order chi connectivity index (χ1) is 18.7. The van der Waals surface area contributed by atoms with Crippen LogP contribution in [0.1, 0.15) is 56.6 Å². The molecule has 0 aliphatic carbocycles. The van der Waals surface area contributed by atoms with Gasteiger partial charge in [0.1, 0.15) is 17.6 Å². The van der Waals surface area contributed by atoms with E-state index in [2.05, 4.69) is 13.2 Å². The number of para-hydroxylation sites is 1. The number of hydrogen-bond acceptors (Lipinski definition) is 6. The van der Waals surface area contributed by atoms with Gasteiger partial charge in [-0.15, -0.1) is 13.2 Å². The van der Waals surface area contributed by atoms with Crippen LogP contribution >= 0.6 is 0 Å². The Morgan fingerprint density at radius 2 is 1.92 bits per heavy atom. The minimum Gasteiger partial charge on any atom is -0.465 e. The summed E-state index contributed by atoms with van der Waals surface area (Å²) < 4.78 is 12.4. The summed E-state index contributed by atoms with van der Waals surface area (Å²) in [4.78, 5) is 45.7. The number of aryl methyl sites for hydroxylation is 2. The second kappa shape index (κ2) is 11.6. The van der Waals surface area contributed by atoms with Crippen molar-refractivity contribution in [2.24, 2.45) is 11.8 Å². The van der Waals surface area contributed by atoms with Crippen molar-refractivity contribution in [1.82, 2.24) is 4.90 Å². The van der Waals surface area contributed by atoms with Crippen LogP contribution in [-0.2, 0) is 23.9 Å². The number of fused-ring (bicyclic) bond motifs is 1. The predicted octanol–water partition coefficient (Wildman–Crippen LogP) is 3.87. The first-order valence-electron chi connectivity index (χ1n) is 14.1. The molecular weight excluding hydrogens is 496 g/mol. The maximum Gasteiger partial charge on any atom is 0.312 e. The van der Waals surface area contributed by atoms with E-state index in [1.807, 2.05) is 39.0 Å². The Morgan fingerprint density at radius 1 is 1.21 bits per heavy atom. The molecule has 3 aliphatic heterocycles. The number of rotatable bonds is 13. The first kappa shape index (κ1) is 29.0. The molecule has 3 fully saturated rings. The standard InChI is InChI=1S/C31H42N2O6/c1-6-9-20-38-29(37)24-23-27(35)33(18-10-11-19-34)26(31(23)16-15-30(24,8-3)39-31)28(36)32(17-7-2)25-21(4)13-12-14-22(25)5/h6-7,12-14,23-24,26,34H,1-2,8-11,15-20H2,3-5H3/t23-,24-,26?,30+,31?/m0/s1. The third-order valence-corrected chi connectivity index (χ3v) is 8.83. The fourth-order valence-electron chi connectivity index (χ4n) is 7.12. The Labute approximate surface area is 231 Å². The fourth-order valence-corrected chi connectivity index (χ4v) is 7.12. The molecule has 8 heteroatoms. The lowest BCUT2D eigenvalue weighted by Gasteiger charge is -2.37. The van der Waals surface area contributed by atoms with Gasteiger partial charge in [-0.25, -0.2) is 0 Å². The fraction of sp³-hybridized carbons (Fsp3) is 0.581. The topological polar surface area (TPSA) is 96.4 Å². The monoisotopic (exact) mass is 538 g/mol. The number of nitrogens with zero attached hydrogens (tertiary/aromatic N) is 2. The number of esters is 1. The SMILES string of the molecule is C=CCCOC(=O)[C@@H]1[C@H]2C(=O)N(CCCCO)C(C(=O)N(CC=C)c3c(C)cccc3C)C23CC[C@@]1(CC)O3. The van der Waals surface area contributed by atoms with Gasteiger partial charge in [0.15, 0.2) is 0 Å². The van der Waals surface area contributed by atoms with Crippen LogP contribution in [0.5, 0.6) is 0 Å². The van der Waals surface area contributed by atoms with Gasteiger partial charge in [0.25, 0.3) is 5.91 Å². The highest BCUT2D eigenvalue weighted by atomic mass is 16.6. The van der Waals surface area contributed by atoms with Crippen LogP contribution in [0.25, 0.3) is 0 Å². The van der Waals surface area contributed by atoms with E-state index >= 15 is 0 Å². The summed E-state index contributed by atoms with van der Waals surface area (Å²) in [6.45, 7) is 14.2. The third-order valence-electron chi connectivity index (χ3n) is 8.83. The molecule has 212 valence electrons.